The lowest BCUT2D eigenvalue weighted by molar-refractivity contribution is 0.0512. The van der Waals surface area contributed by atoms with Crippen LogP contribution in [0.15, 0.2) is 6.07 Å². The molecule has 0 bridgehead atoms. The van der Waals surface area contributed by atoms with E-state index in [1.807, 2.05) is 0 Å². The van der Waals surface area contributed by atoms with Gasteiger partial charge in [0.05, 0.1) is 7.11 Å². The van der Waals surface area contributed by atoms with Crippen molar-refractivity contribution in [2.45, 2.75) is 125 Å². The molecule has 0 saturated carbocycles. The van der Waals surface area contributed by atoms with Crippen molar-refractivity contribution in [3.05, 3.63) is 22.8 Å². The maximum atomic E-state index is 6.62. The van der Waals surface area contributed by atoms with E-state index < -0.39 is 0 Å². The first-order valence-electron chi connectivity index (χ1n) is 13.0. The van der Waals surface area contributed by atoms with Crippen LogP contribution in [0.2, 0.25) is 0 Å². The van der Waals surface area contributed by atoms with Gasteiger partial charge >= 0.3 is 0 Å². The Morgan fingerprint density at radius 2 is 1.52 bits per heavy atom. The minimum Gasteiger partial charge on any atom is -0.496 e. The first kappa shape index (κ1) is 26.1. The molecule has 0 amide bonds. The second-order valence-corrected chi connectivity index (χ2v) is 11.2. The van der Waals surface area contributed by atoms with Gasteiger partial charge in [-0.15, -0.1) is 0 Å². The number of methoxy groups -OCH3 is 1. The first-order valence-corrected chi connectivity index (χ1v) is 13.0. The van der Waals surface area contributed by atoms with Gasteiger partial charge in [0.1, 0.15) is 17.1 Å². The van der Waals surface area contributed by atoms with Crippen LogP contribution in [0, 0.1) is 31.6 Å². The van der Waals surface area contributed by atoms with Gasteiger partial charge < -0.3 is 9.47 Å². The zero-order chi connectivity index (χ0) is 23.0. The predicted molar refractivity (Wildman–Crippen MR) is 135 cm³/mol. The SMILES string of the molecule is COc1cc(C)c2c(c1C)CC[C@@](C)(CCC[C@H](C)CCC[C@H](C)CCCC(C)C)O2. The van der Waals surface area contributed by atoms with Crippen molar-refractivity contribution >= 4 is 0 Å². The molecule has 31 heavy (non-hydrogen) atoms. The molecule has 1 aromatic carbocycles. The van der Waals surface area contributed by atoms with Crippen LogP contribution < -0.4 is 9.47 Å². The molecule has 2 rings (SSSR count). The molecule has 1 aliphatic heterocycles. The molecule has 0 aromatic heterocycles. The Morgan fingerprint density at radius 3 is 2.10 bits per heavy atom. The molecule has 0 saturated heterocycles. The zero-order valence-corrected chi connectivity index (χ0v) is 21.9. The quantitative estimate of drug-likeness (QED) is 0.311. The Labute approximate surface area is 193 Å². The summed E-state index contributed by atoms with van der Waals surface area (Å²) in [5.41, 5.74) is 3.78. The topological polar surface area (TPSA) is 18.5 Å². The standard InChI is InChI=1S/C29H50O2/c1-21(2)12-9-13-22(3)14-10-15-23(4)16-11-18-29(7)19-17-26-25(6)27(30-8)20-24(5)28(26)31-29/h20-23H,9-19H2,1-8H3/t22-,23-,29-/m1/s1. The van der Waals surface area contributed by atoms with Gasteiger partial charge in [-0.05, 0) is 81.4 Å². The normalized spacial score (nSPS) is 20.3. The number of benzene rings is 1. The van der Waals surface area contributed by atoms with E-state index in [2.05, 4.69) is 54.5 Å². The van der Waals surface area contributed by atoms with Crippen molar-refractivity contribution in [2.75, 3.05) is 7.11 Å². The van der Waals surface area contributed by atoms with Crippen LogP contribution in [0.25, 0.3) is 0 Å². The van der Waals surface area contributed by atoms with E-state index in [9.17, 15) is 0 Å². The number of hydrogen-bond acceptors (Lipinski definition) is 2. The Kier molecular flexibility index (Phi) is 10.2. The minimum atomic E-state index is -0.0244. The third-order valence-corrected chi connectivity index (χ3v) is 7.55. The summed E-state index contributed by atoms with van der Waals surface area (Å²) in [5, 5.41) is 0. The second kappa shape index (κ2) is 12.2. The summed E-state index contributed by atoms with van der Waals surface area (Å²) >= 11 is 0. The van der Waals surface area contributed by atoms with Crippen LogP contribution in [0.1, 0.15) is 116 Å². The molecule has 0 aliphatic carbocycles. The van der Waals surface area contributed by atoms with Gasteiger partial charge in [0.2, 0.25) is 0 Å². The van der Waals surface area contributed by atoms with Crippen molar-refractivity contribution in [2.24, 2.45) is 17.8 Å². The summed E-state index contributed by atoms with van der Waals surface area (Å²) in [4.78, 5) is 0. The Hall–Kier alpha value is -1.18. The molecule has 2 nitrogen and oxygen atoms in total. The molecular formula is C29H50O2. The Morgan fingerprint density at radius 1 is 0.935 bits per heavy atom. The van der Waals surface area contributed by atoms with Crippen LogP contribution in [-0.4, -0.2) is 12.7 Å². The molecule has 178 valence electrons. The van der Waals surface area contributed by atoms with Crippen LogP contribution in [-0.2, 0) is 6.42 Å². The smallest absolute Gasteiger partial charge is 0.126 e. The molecule has 0 radical (unpaired) electrons. The van der Waals surface area contributed by atoms with E-state index in [-0.39, 0.29) is 5.60 Å². The van der Waals surface area contributed by atoms with Crippen molar-refractivity contribution in [3.8, 4) is 11.5 Å². The summed E-state index contributed by atoms with van der Waals surface area (Å²) in [5.74, 6) is 4.69. The molecule has 0 spiro atoms. The summed E-state index contributed by atoms with van der Waals surface area (Å²) in [6, 6.07) is 2.13. The molecule has 0 unspecified atom stereocenters. The van der Waals surface area contributed by atoms with E-state index in [4.69, 9.17) is 9.47 Å². The zero-order valence-electron chi connectivity index (χ0n) is 21.9. The summed E-state index contributed by atoms with van der Waals surface area (Å²) < 4.78 is 12.2. The molecule has 1 heterocycles. The van der Waals surface area contributed by atoms with Gasteiger partial charge in [-0.2, -0.15) is 0 Å². The maximum Gasteiger partial charge on any atom is 0.126 e. The fourth-order valence-corrected chi connectivity index (χ4v) is 5.25. The number of ether oxygens (including phenoxy) is 2. The fourth-order valence-electron chi connectivity index (χ4n) is 5.25. The van der Waals surface area contributed by atoms with Crippen molar-refractivity contribution in [1.29, 1.82) is 0 Å². The van der Waals surface area contributed by atoms with Gasteiger partial charge in [0.25, 0.3) is 0 Å². The molecule has 1 aliphatic rings. The Bertz CT molecular complexity index is 678. The van der Waals surface area contributed by atoms with Gasteiger partial charge in [-0.25, -0.2) is 0 Å². The highest BCUT2D eigenvalue weighted by molar-refractivity contribution is 5.54. The van der Waals surface area contributed by atoms with Crippen LogP contribution in [0.5, 0.6) is 11.5 Å². The van der Waals surface area contributed by atoms with Crippen molar-refractivity contribution in [3.63, 3.8) is 0 Å². The fraction of sp³-hybridized carbons (Fsp3) is 0.793. The van der Waals surface area contributed by atoms with Crippen LogP contribution in [0.4, 0.5) is 0 Å². The van der Waals surface area contributed by atoms with Gasteiger partial charge in [0.15, 0.2) is 0 Å². The number of fused-ring (bicyclic) bond motifs is 1. The van der Waals surface area contributed by atoms with E-state index >= 15 is 0 Å². The Balaban J connectivity index is 1.72. The summed E-state index contributed by atoms with van der Waals surface area (Å²) in [6.45, 7) is 16.2. The first-order chi connectivity index (χ1) is 14.6. The van der Waals surface area contributed by atoms with E-state index in [0.717, 1.165) is 48.5 Å². The van der Waals surface area contributed by atoms with Crippen molar-refractivity contribution < 1.29 is 9.47 Å². The lowest BCUT2D eigenvalue weighted by atomic mass is 9.84. The highest BCUT2D eigenvalue weighted by atomic mass is 16.5. The van der Waals surface area contributed by atoms with E-state index in [0.29, 0.717) is 0 Å². The number of hydrogen-bond donors (Lipinski definition) is 0. The molecule has 3 atom stereocenters. The van der Waals surface area contributed by atoms with E-state index in [1.54, 1.807) is 7.11 Å². The lowest BCUT2D eigenvalue weighted by Gasteiger charge is -2.38. The van der Waals surface area contributed by atoms with Gasteiger partial charge in [-0.3, -0.25) is 0 Å². The number of aryl methyl sites for hydroxylation is 1. The molecule has 2 heteroatoms. The number of rotatable bonds is 13. The third kappa shape index (κ3) is 8.03. The van der Waals surface area contributed by atoms with Crippen LogP contribution >= 0.6 is 0 Å². The summed E-state index contributed by atoms with van der Waals surface area (Å²) in [6.07, 6.45) is 14.3. The largest absolute Gasteiger partial charge is 0.496 e. The third-order valence-electron chi connectivity index (χ3n) is 7.55. The predicted octanol–water partition coefficient (Wildman–Crippen LogP) is 8.83. The molecular weight excluding hydrogens is 380 g/mol. The molecule has 0 fully saturated rings. The van der Waals surface area contributed by atoms with Crippen molar-refractivity contribution in [1.82, 2.24) is 0 Å². The van der Waals surface area contributed by atoms with Gasteiger partial charge in [-0.1, -0.05) is 72.6 Å². The molecule has 1 aromatic rings. The lowest BCUT2D eigenvalue weighted by Crippen LogP contribution is -2.37. The monoisotopic (exact) mass is 430 g/mol. The summed E-state index contributed by atoms with van der Waals surface area (Å²) in [7, 11) is 1.76. The average Bonchev–Trinajstić information content (AvgIpc) is 2.70. The maximum absolute atomic E-state index is 6.62. The minimum absolute atomic E-state index is 0.0244. The second-order valence-electron chi connectivity index (χ2n) is 11.2. The molecule has 0 N–H and O–H groups in total. The van der Waals surface area contributed by atoms with Gasteiger partial charge in [0, 0.05) is 5.56 Å². The highest BCUT2D eigenvalue weighted by Crippen LogP contribution is 2.42. The van der Waals surface area contributed by atoms with E-state index in [1.165, 1.54) is 68.1 Å². The highest BCUT2D eigenvalue weighted by Gasteiger charge is 2.33. The van der Waals surface area contributed by atoms with Crippen LogP contribution in [0.3, 0.4) is 0 Å². The average molecular weight is 431 g/mol.